The Labute approximate surface area is 132 Å². The van der Waals surface area contributed by atoms with Crippen molar-refractivity contribution in [3.05, 3.63) is 28.3 Å². The van der Waals surface area contributed by atoms with Crippen molar-refractivity contribution in [2.24, 2.45) is 11.8 Å². The Morgan fingerprint density at radius 2 is 2.09 bits per heavy atom. The van der Waals surface area contributed by atoms with Gasteiger partial charge in [0.2, 0.25) is 0 Å². The summed E-state index contributed by atoms with van der Waals surface area (Å²) < 4.78 is 10.1. The number of hydrogen-bond donors (Lipinski definition) is 1. The lowest BCUT2D eigenvalue weighted by Gasteiger charge is -2.15. The first-order valence-electron chi connectivity index (χ1n) is 7.17. The van der Waals surface area contributed by atoms with Crippen molar-refractivity contribution in [3.63, 3.8) is 0 Å². The lowest BCUT2D eigenvalue weighted by Crippen LogP contribution is -2.30. The van der Waals surface area contributed by atoms with Gasteiger partial charge in [-0.05, 0) is 25.3 Å². The number of carbonyl (C=O) groups excluding carboxylic acids is 2. The summed E-state index contributed by atoms with van der Waals surface area (Å²) in [5.74, 6) is -0.580. The number of rotatable bonds is 6. The van der Waals surface area contributed by atoms with Gasteiger partial charge in [0.1, 0.15) is 5.75 Å². The summed E-state index contributed by atoms with van der Waals surface area (Å²) >= 11 is 0. The fourth-order valence-corrected chi connectivity index (χ4v) is 2.10. The highest BCUT2D eigenvalue weighted by atomic mass is 16.6. The summed E-state index contributed by atoms with van der Waals surface area (Å²) in [5.41, 5.74) is 0.118. The Morgan fingerprint density at radius 1 is 1.43 bits per heavy atom. The van der Waals surface area contributed by atoms with E-state index in [1.54, 1.807) is 0 Å². The molecule has 23 heavy (non-hydrogen) atoms. The van der Waals surface area contributed by atoms with Gasteiger partial charge in [0.15, 0.2) is 6.10 Å². The van der Waals surface area contributed by atoms with Gasteiger partial charge in [-0.1, -0.05) is 6.92 Å². The molecule has 1 saturated carbocycles. The summed E-state index contributed by atoms with van der Waals surface area (Å²) in [6.07, 6.45) is -0.182. The second-order valence-corrected chi connectivity index (χ2v) is 5.53. The van der Waals surface area contributed by atoms with E-state index in [2.05, 4.69) is 5.32 Å². The first-order chi connectivity index (χ1) is 10.8. The molecule has 1 aliphatic rings. The molecule has 0 heterocycles. The number of anilines is 1. The molecule has 124 valence electrons. The number of methoxy groups -OCH3 is 1. The van der Waals surface area contributed by atoms with Crippen LogP contribution in [0.2, 0.25) is 0 Å². The maximum absolute atomic E-state index is 12.1. The van der Waals surface area contributed by atoms with Crippen molar-refractivity contribution in [2.45, 2.75) is 26.4 Å². The molecule has 1 amide bonds. The maximum Gasteiger partial charge on any atom is 0.309 e. The number of nitro groups is 1. The third-order valence-electron chi connectivity index (χ3n) is 3.73. The molecular formula is C15H18N2O6. The van der Waals surface area contributed by atoms with E-state index in [1.807, 2.05) is 6.92 Å². The zero-order chi connectivity index (χ0) is 17.1. The van der Waals surface area contributed by atoms with Gasteiger partial charge < -0.3 is 14.8 Å². The highest BCUT2D eigenvalue weighted by Crippen LogP contribution is 2.38. The van der Waals surface area contributed by atoms with Crippen molar-refractivity contribution < 1.29 is 24.0 Å². The fourth-order valence-electron chi connectivity index (χ4n) is 2.10. The Bertz CT molecular complexity index is 645. The van der Waals surface area contributed by atoms with E-state index in [0.717, 1.165) is 6.42 Å². The molecule has 8 heteroatoms. The normalized spacial score (nSPS) is 20.3. The molecule has 0 saturated heterocycles. The Balaban J connectivity index is 2.01. The van der Waals surface area contributed by atoms with Crippen molar-refractivity contribution >= 4 is 23.3 Å². The van der Waals surface area contributed by atoms with Gasteiger partial charge in [-0.15, -0.1) is 0 Å². The number of amides is 1. The van der Waals surface area contributed by atoms with E-state index >= 15 is 0 Å². The predicted octanol–water partition coefficient (Wildman–Crippen LogP) is 2.13. The number of hydrogen-bond acceptors (Lipinski definition) is 6. The summed E-state index contributed by atoms with van der Waals surface area (Å²) in [6, 6.07) is 3.82. The van der Waals surface area contributed by atoms with Crippen LogP contribution in [0.4, 0.5) is 11.4 Å². The van der Waals surface area contributed by atoms with Gasteiger partial charge in [-0.3, -0.25) is 19.7 Å². The fraction of sp³-hybridized carbons (Fsp3) is 0.467. The van der Waals surface area contributed by atoms with E-state index in [0.29, 0.717) is 5.92 Å². The van der Waals surface area contributed by atoms with E-state index < -0.39 is 16.9 Å². The monoisotopic (exact) mass is 322 g/mol. The van der Waals surface area contributed by atoms with Crippen molar-refractivity contribution in [1.29, 1.82) is 0 Å². The molecule has 8 nitrogen and oxygen atoms in total. The molecule has 0 bridgehead atoms. The lowest BCUT2D eigenvalue weighted by molar-refractivity contribution is -0.384. The van der Waals surface area contributed by atoms with Crippen molar-refractivity contribution in [1.82, 2.24) is 0 Å². The van der Waals surface area contributed by atoms with Gasteiger partial charge in [-0.25, -0.2) is 0 Å². The molecule has 1 aromatic carbocycles. The maximum atomic E-state index is 12.1. The third kappa shape index (κ3) is 3.97. The molecule has 0 spiro atoms. The topological polar surface area (TPSA) is 108 Å². The number of nitro benzene ring substituents is 1. The second-order valence-electron chi connectivity index (χ2n) is 5.53. The Morgan fingerprint density at radius 3 is 2.61 bits per heavy atom. The van der Waals surface area contributed by atoms with Crippen molar-refractivity contribution in [3.8, 4) is 5.75 Å². The molecule has 0 aliphatic heterocycles. The molecule has 1 fully saturated rings. The van der Waals surface area contributed by atoms with E-state index in [4.69, 9.17) is 9.47 Å². The number of benzene rings is 1. The minimum atomic E-state index is -0.963. The number of carbonyl (C=O) groups is 2. The highest BCUT2D eigenvalue weighted by molar-refractivity contribution is 5.96. The minimum absolute atomic E-state index is 0.126. The number of non-ortho nitro benzene ring substituents is 1. The lowest BCUT2D eigenvalue weighted by atomic mass is 10.2. The van der Waals surface area contributed by atoms with Crippen molar-refractivity contribution in [2.75, 3.05) is 12.4 Å². The zero-order valence-corrected chi connectivity index (χ0v) is 13.1. The van der Waals surface area contributed by atoms with E-state index in [9.17, 15) is 19.7 Å². The smallest absolute Gasteiger partial charge is 0.309 e. The van der Waals surface area contributed by atoms with Crippen LogP contribution < -0.4 is 10.1 Å². The van der Waals surface area contributed by atoms with Gasteiger partial charge in [0.25, 0.3) is 11.6 Å². The molecule has 1 aromatic rings. The van der Waals surface area contributed by atoms with Gasteiger partial charge in [0.05, 0.1) is 29.7 Å². The Hall–Kier alpha value is -2.64. The number of esters is 1. The van der Waals surface area contributed by atoms with E-state index in [1.165, 1.54) is 32.2 Å². The zero-order valence-electron chi connectivity index (χ0n) is 13.1. The third-order valence-corrected chi connectivity index (χ3v) is 3.73. The summed E-state index contributed by atoms with van der Waals surface area (Å²) in [6.45, 7) is 3.41. The average molecular weight is 322 g/mol. The van der Waals surface area contributed by atoms with Crippen LogP contribution in [0.15, 0.2) is 18.2 Å². The molecule has 1 N–H and O–H groups in total. The predicted molar refractivity (Wildman–Crippen MR) is 81.1 cm³/mol. The average Bonchev–Trinajstić information content (AvgIpc) is 3.24. The molecule has 2 rings (SSSR count). The second kappa shape index (κ2) is 6.64. The summed E-state index contributed by atoms with van der Waals surface area (Å²) in [5, 5.41) is 13.3. The molecule has 0 unspecified atom stereocenters. The first-order valence-corrected chi connectivity index (χ1v) is 7.17. The largest absolute Gasteiger partial charge is 0.494 e. The molecular weight excluding hydrogens is 304 g/mol. The standard InChI is InChI=1S/C15H18N2O6/c1-8-6-11(8)15(19)23-9(2)14(18)16-12-5-4-10(17(20)21)7-13(12)22-3/h4-5,7-9,11H,6H2,1-3H3,(H,16,18)/t8-,9+,11+/m1/s1. The summed E-state index contributed by atoms with van der Waals surface area (Å²) in [4.78, 5) is 34.0. The van der Waals surface area contributed by atoms with Crippen LogP contribution in [0.3, 0.4) is 0 Å². The van der Waals surface area contributed by atoms with Crippen LogP contribution in [0.1, 0.15) is 20.3 Å². The number of nitrogens with zero attached hydrogens (tertiary/aromatic N) is 1. The van der Waals surface area contributed by atoms with Crippen LogP contribution in [0, 0.1) is 22.0 Å². The van der Waals surface area contributed by atoms with Crippen LogP contribution in [-0.4, -0.2) is 30.0 Å². The van der Waals surface area contributed by atoms with Crippen LogP contribution in [0.25, 0.3) is 0 Å². The van der Waals surface area contributed by atoms with Crippen LogP contribution in [0.5, 0.6) is 5.75 Å². The Kier molecular flexibility index (Phi) is 4.83. The molecule has 1 aliphatic carbocycles. The van der Waals surface area contributed by atoms with E-state index in [-0.39, 0.29) is 29.0 Å². The highest BCUT2D eigenvalue weighted by Gasteiger charge is 2.41. The molecule has 3 atom stereocenters. The van der Waals surface area contributed by atoms with Gasteiger partial charge >= 0.3 is 5.97 Å². The molecule has 0 radical (unpaired) electrons. The van der Waals surface area contributed by atoms with Crippen LogP contribution >= 0.6 is 0 Å². The van der Waals surface area contributed by atoms with Gasteiger partial charge in [0, 0.05) is 6.07 Å². The number of ether oxygens (including phenoxy) is 2. The van der Waals surface area contributed by atoms with Gasteiger partial charge in [-0.2, -0.15) is 0 Å². The minimum Gasteiger partial charge on any atom is -0.494 e. The SMILES string of the molecule is COc1cc([N+](=O)[O-])ccc1NC(=O)[C@H](C)OC(=O)[C@H]1C[C@H]1C. The first kappa shape index (κ1) is 16.7. The summed E-state index contributed by atoms with van der Waals surface area (Å²) in [7, 11) is 1.34. The number of nitrogens with one attached hydrogen (secondary N) is 1. The molecule has 0 aromatic heterocycles. The van der Waals surface area contributed by atoms with Crippen LogP contribution in [-0.2, 0) is 14.3 Å². The quantitative estimate of drug-likeness (QED) is 0.488.